The zero-order valence-electron chi connectivity index (χ0n) is 11.9. The fourth-order valence-electron chi connectivity index (χ4n) is 1.99. The Hall–Kier alpha value is -1.88. The predicted molar refractivity (Wildman–Crippen MR) is 77.1 cm³/mol. The number of aliphatic hydroxyl groups excluding tert-OH is 1. The van der Waals surface area contributed by atoms with Crippen molar-refractivity contribution in [1.29, 1.82) is 0 Å². The summed E-state index contributed by atoms with van der Waals surface area (Å²) in [6, 6.07) is 4.78. The summed E-state index contributed by atoms with van der Waals surface area (Å²) >= 11 is 0. The van der Waals surface area contributed by atoms with Crippen molar-refractivity contribution in [3.63, 3.8) is 0 Å². The molecule has 4 nitrogen and oxygen atoms in total. The fourth-order valence-corrected chi connectivity index (χ4v) is 1.99. The molecule has 1 atom stereocenters. The largest absolute Gasteiger partial charge is 0.395 e. The Morgan fingerprint density at radius 2 is 2.15 bits per heavy atom. The summed E-state index contributed by atoms with van der Waals surface area (Å²) in [5.41, 5.74) is 2.96. The molecule has 0 saturated heterocycles. The van der Waals surface area contributed by atoms with E-state index >= 15 is 0 Å². The highest BCUT2D eigenvalue weighted by atomic mass is 19.1. The molecule has 5 heteroatoms. The molecule has 0 radical (unpaired) electrons. The maximum absolute atomic E-state index is 13.2. The van der Waals surface area contributed by atoms with E-state index in [1.54, 1.807) is 0 Å². The van der Waals surface area contributed by atoms with Crippen LogP contribution in [0.15, 0.2) is 30.6 Å². The third-order valence-corrected chi connectivity index (χ3v) is 3.15. The van der Waals surface area contributed by atoms with Gasteiger partial charge in [-0.3, -0.25) is 0 Å². The first kappa shape index (κ1) is 16.2. The number of rotatable bonds is 6. The first-order chi connectivity index (χ1) is 9.45. The zero-order valence-corrected chi connectivity index (χ0v) is 11.9. The summed E-state index contributed by atoms with van der Waals surface area (Å²) in [5.74, 6) is -0.488. The molecule has 0 heterocycles. The van der Waals surface area contributed by atoms with Crippen LogP contribution in [0.3, 0.4) is 0 Å². The van der Waals surface area contributed by atoms with Crippen LogP contribution in [0.2, 0.25) is 0 Å². The van der Waals surface area contributed by atoms with E-state index in [1.807, 2.05) is 32.0 Å². The number of hydrogen-bond acceptors (Lipinski definition) is 2. The second kappa shape index (κ2) is 7.65. The molecule has 1 unspecified atom stereocenters. The topological polar surface area (TPSA) is 61.4 Å². The van der Waals surface area contributed by atoms with Gasteiger partial charge in [0.1, 0.15) is 0 Å². The average molecular weight is 280 g/mol. The number of amides is 2. The van der Waals surface area contributed by atoms with Gasteiger partial charge in [0.2, 0.25) is 0 Å². The van der Waals surface area contributed by atoms with Crippen LogP contribution in [0.5, 0.6) is 0 Å². The lowest BCUT2D eigenvalue weighted by Gasteiger charge is -2.21. The van der Waals surface area contributed by atoms with E-state index in [4.69, 9.17) is 5.11 Å². The smallest absolute Gasteiger partial charge is 0.315 e. The third-order valence-electron chi connectivity index (χ3n) is 3.15. The lowest BCUT2D eigenvalue weighted by molar-refractivity contribution is 0.230. The van der Waals surface area contributed by atoms with Gasteiger partial charge in [-0.15, -0.1) is 0 Å². The highest BCUT2D eigenvalue weighted by Crippen LogP contribution is 2.25. The van der Waals surface area contributed by atoms with Crippen LogP contribution in [0.1, 0.15) is 29.2 Å². The van der Waals surface area contributed by atoms with Crippen molar-refractivity contribution in [2.75, 3.05) is 13.2 Å². The van der Waals surface area contributed by atoms with Gasteiger partial charge in [-0.25, -0.2) is 9.18 Å². The molecule has 0 spiro atoms. The Kier molecular flexibility index (Phi) is 6.18. The molecule has 0 aromatic heterocycles. The fraction of sp³-hybridized carbons (Fsp3) is 0.400. The number of aliphatic hydroxyl groups is 1. The van der Waals surface area contributed by atoms with E-state index in [0.717, 1.165) is 16.7 Å². The number of urea groups is 1. The number of carbonyl (C=O) groups is 1. The summed E-state index contributed by atoms with van der Waals surface area (Å²) in [7, 11) is 0. The Balaban J connectivity index is 2.91. The zero-order chi connectivity index (χ0) is 15.1. The van der Waals surface area contributed by atoms with Gasteiger partial charge in [-0.05, 0) is 30.5 Å². The molecule has 110 valence electrons. The van der Waals surface area contributed by atoms with E-state index in [9.17, 15) is 9.18 Å². The summed E-state index contributed by atoms with van der Waals surface area (Å²) in [6.07, 6.45) is 0.0246. The van der Waals surface area contributed by atoms with Crippen LogP contribution in [0.25, 0.3) is 0 Å². The number of aryl methyl sites for hydroxylation is 1. The van der Waals surface area contributed by atoms with Gasteiger partial charge in [0.15, 0.2) is 0 Å². The van der Waals surface area contributed by atoms with E-state index in [0.29, 0.717) is 0 Å². The van der Waals surface area contributed by atoms with Gasteiger partial charge < -0.3 is 15.7 Å². The molecule has 0 saturated carbocycles. The van der Waals surface area contributed by atoms with E-state index in [2.05, 4.69) is 17.2 Å². The maximum atomic E-state index is 13.2. The van der Waals surface area contributed by atoms with Gasteiger partial charge in [-0.2, -0.15) is 0 Å². The van der Waals surface area contributed by atoms with E-state index in [-0.39, 0.29) is 19.6 Å². The Labute approximate surface area is 118 Å². The minimum Gasteiger partial charge on any atom is -0.395 e. The minimum absolute atomic E-state index is 0.0246. The summed E-state index contributed by atoms with van der Waals surface area (Å²) in [4.78, 5) is 11.7. The van der Waals surface area contributed by atoms with Crippen molar-refractivity contribution in [2.24, 2.45) is 0 Å². The Morgan fingerprint density at radius 3 is 2.75 bits per heavy atom. The highest BCUT2D eigenvalue weighted by molar-refractivity contribution is 5.74. The number of benzene rings is 1. The molecular weight excluding hydrogens is 259 g/mol. The molecule has 20 heavy (non-hydrogen) atoms. The number of carbonyl (C=O) groups excluding carboxylic acids is 1. The first-order valence-electron chi connectivity index (χ1n) is 6.50. The molecular formula is C15H21FN2O2. The molecule has 3 N–H and O–H groups in total. The second-order valence-corrected chi connectivity index (χ2v) is 4.69. The molecule has 1 aromatic carbocycles. The van der Waals surface area contributed by atoms with Crippen LogP contribution >= 0.6 is 0 Å². The molecule has 1 aromatic rings. The Morgan fingerprint density at radius 1 is 1.45 bits per heavy atom. The quantitative estimate of drug-likeness (QED) is 0.750. The van der Waals surface area contributed by atoms with E-state index in [1.165, 1.54) is 0 Å². The number of halogens is 1. The summed E-state index contributed by atoms with van der Waals surface area (Å²) < 4.78 is 13.2. The molecule has 1 rings (SSSR count). The van der Waals surface area contributed by atoms with Gasteiger partial charge in [0, 0.05) is 13.0 Å². The molecule has 0 aliphatic carbocycles. The normalized spacial score (nSPS) is 11.8. The molecule has 2 amide bonds. The minimum atomic E-state index is -0.488. The molecule has 0 aliphatic heterocycles. The van der Waals surface area contributed by atoms with Crippen LogP contribution in [0, 0.1) is 13.8 Å². The summed E-state index contributed by atoms with van der Waals surface area (Å²) in [6.45, 7) is 7.18. The first-order valence-corrected chi connectivity index (χ1v) is 6.50. The van der Waals surface area contributed by atoms with Gasteiger partial charge in [0.25, 0.3) is 0 Å². The van der Waals surface area contributed by atoms with Gasteiger partial charge >= 0.3 is 6.03 Å². The van der Waals surface area contributed by atoms with Crippen molar-refractivity contribution >= 4 is 6.03 Å². The van der Waals surface area contributed by atoms with Crippen molar-refractivity contribution in [3.05, 3.63) is 47.3 Å². The molecule has 0 bridgehead atoms. The van der Waals surface area contributed by atoms with Crippen molar-refractivity contribution < 1.29 is 14.3 Å². The lowest BCUT2D eigenvalue weighted by atomic mass is 9.95. The highest BCUT2D eigenvalue weighted by Gasteiger charge is 2.18. The van der Waals surface area contributed by atoms with Gasteiger partial charge in [-0.1, -0.05) is 24.8 Å². The lowest BCUT2D eigenvalue weighted by Crippen LogP contribution is -2.39. The Bertz CT molecular complexity index is 489. The monoisotopic (exact) mass is 280 g/mol. The molecule has 0 aliphatic rings. The SMILES string of the molecule is C=C(F)CC(NC(=O)NCCO)c1cccc(C)c1C. The van der Waals surface area contributed by atoms with Crippen molar-refractivity contribution in [2.45, 2.75) is 26.3 Å². The van der Waals surface area contributed by atoms with Crippen molar-refractivity contribution in [3.8, 4) is 0 Å². The van der Waals surface area contributed by atoms with Crippen LogP contribution in [-0.2, 0) is 0 Å². The summed E-state index contributed by atoms with van der Waals surface area (Å²) in [5, 5.41) is 13.9. The van der Waals surface area contributed by atoms with Gasteiger partial charge in [0.05, 0.1) is 18.5 Å². The van der Waals surface area contributed by atoms with Crippen LogP contribution in [-0.4, -0.2) is 24.3 Å². The second-order valence-electron chi connectivity index (χ2n) is 4.69. The molecule has 0 fully saturated rings. The predicted octanol–water partition coefficient (Wildman–Crippen LogP) is 2.51. The average Bonchev–Trinajstić information content (AvgIpc) is 2.38. The number of nitrogens with one attached hydrogen (secondary N) is 2. The van der Waals surface area contributed by atoms with Crippen LogP contribution < -0.4 is 10.6 Å². The van der Waals surface area contributed by atoms with E-state index < -0.39 is 17.9 Å². The standard InChI is InChI=1S/C15H21FN2O2/c1-10-5-4-6-13(12(10)3)14(9-11(2)16)18-15(20)17-7-8-19/h4-6,14,19H,2,7-9H2,1,3H3,(H2,17,18,20). The number of hydrogen-bond donors (Lipinski definition) is 3. The van der Waals surface area contributed by atoms with Crippen LogP contribution in [0.4, 0.5) is 9.18 Å². The van der Waals surface area contributed by atoms with Crippen molar-refractivity contribution in [1.82, 2.24) is 10.6 Å². The maximum Gasteiger partial charge on any atom is 0.315 e. The third kappa shape index (κ3) is 4.66.